The van der Waals surface area contributed by atoms with Gasteiger partial charge in [-0.15, -0.1) is 0 Å². The lowest BCUT2D eigenvalue weighted by Gasteiger charge is -2.25. The van der Waals surface area contributed by atoms with E-state index in [0.29, 0.717) is 5.56 Å². The number of aromatic nitrogens is 1. The first-order chi connectivity index (χ1) is 8.81. The number of hydrogen-bond donors (Lipinski definition) is 0. The summed E-state index contributed by atoms with van der Waals surface area (Å²) >= 11 is 0. The minimum atomic E-state index is -0.300. The van der Waals surface area contributed by atoms with Gasteiger partial charge in [-0.1, -0.05) is 19.3 Å². The van der Waals surface area contributed by atoms with Crippen molar-refractivity contribution in [3.8, 4) is 0 Å². The fourth-order valence-electron chi connectivity index (χ4n) is 2.31. The molecule has 0 spiro atoms. The minimum absolute atomic E-state index is 0.300. The number of pyridine rings is 1. The van der Waals surface area contributed by atoms with Crippen LogP contribution in [0.2, 0.25) is 0 Å². The second kappa shape index (κ2) is 6.38. The molecule has 0 aliphatic carbocycles. The molecule has 2 rings (SSSR count). The molecule has 4 heteroatoms. The van der Waals surface area contributed by atoms with Crippen LogP contribution in [0, 0.1) is 0 Å². The van der Waals surface area contributed by atoms with Crippen molar-refractivity contribution in [3.05, 3.63) is 23.9 Å². The fraction of sp³-hybridized carbons (Fsp3) is 0.571. The van der Waals surface area contributed by atoms with Gasteiger partial charge in [0.1, 0.15) is 5.82 Å². The number of carbonyl (C=O) groups is 1. The van der Waals surface area contributed by atoms with Crippen molar-refractivity contribution >= 4 is 11.8 Å². The molecule has 0 saturated carbocycles. The zero-order valence-corrected chi connectivity index (χ0v) is 10.9. The van der Waals surface area contributed by atoms with E-state index < -0.39 is 0 Å². The molecule has 1 aliphatic rings. The Balaban J connectivity index is 2.13. The van der Waals surface area contributed by atoms with Crippen molar-refractivity contribution in [1.82, 2.24) is 4.98 Å². The molecule has 0 unspecified atom stereocenters. The van der Waals surface area contributed by atoms with Crippen molar-refractivity contribution < 1.29 is 9.53 Å². The van der Waals surface area contributed by atoms with Gasteiger partial charge in [-0.3, -0.25) is 0 Å². The zero-order chi connectivity index (χ0) is 12.8. The summed E-state index contributed by atoms with van der Waals surface area (Å²) in [6.07, 6.45) is 7.98. The number of methoxy groups -OCH3 is 1. The van der Waals surface area contributed by atoms with E-state index >= 15 is 0 Å². The number of esters is 1. The molecule has 98 valence electrons. The molecule has 1 saturated heterocycles. The molecule has 1 aromatic rings. The highest BCUT2D eigenvalue weighted by Gasteiger charge is 2.13. The van der Waals surface area contributed by atoms with Gasteiger partial charge < -0.3 is 9.64 Å². The normalized spacial score (nSPS) is 16.8. The van der Waals surface area contributed by atoms with E-state index in [-0.39, 0.29) is 5.97 Å². The van der Waals surface area contributed by atoms with Gasteiger partial charge in [-0.2, -0.15) is 0 Å². The van der Waals surface area contributed by atoms with Crippen molar-refractivity contribution in [2.24, 2.45) is 0 Å². The number of rotatable bonds is 2. The van der Waals surface area contributed by atoms with Gasteiger partial charge in [-0.25, -0.2) is 9.78 Å². The third kappa shape index (κ3) is 3.22. The molecule has 0 amide bonds. The van der Waals surface area contributed by atoms with Gasteiger partial charge >= 0.3 is 5.97 Å². The van der Waals surface area contributed by atoms with Crippen LogP contribution in [0.25, 0.3) is 0 Å². The first-order valence-electron chi connectivity index (χ1n) is 6.60. The van der Waals surface area contributed by atoms with E-state index in [1.165, 1.54) is 39.2 Å². The second-order valence-electron chi connectivity index (χ2n) is 4.65. The molecule has 0 radical (unpaired) electrons. The zero-order valence-electron chi connectivity index (χ0n) is 10.9. The Morgan fingerprint density at radius 1 is 1.22 bits per heavy atom. The smallest absolute Gasteiger partial charge is 0.338 e. The fourth-order valence-corrected chi connectivity index (χ4v) is 2.31. The summed E-state index contributed by atoms with van der Waals surface area (Å²) in [5, 5.41) is 0. The lowest BCUT2D eigenvalue weighted by molar-refractivity contribution is 0.0600. The Kier molecular flexibility index (Phi) is 4.56. The van der Waals surface area contributed by atoms with Crippen LogP contribution in [0.15, 0.2) is 18.3 Å². The van der Waals surface area contributed by atoms with Crippen molar-refractivity contribution in [2.75, 3.05) is 25.1 Å². The second-order valence-corrected chi connectivity index (χ2v) is 4.65. The Morgan fingerprint density at radius 2 is 1.89 bits per heavy atom. The maximum absolute atomic E-state index is 11.5. The molecule has 0 aromatic carbocycles. The van der Waals surface area contributed by atoms with E-state index in [9.17, 15) is 4.79 Å². The Hall–Kier alpha value is -1.58. The van der Waals surface area contributed by atoms with Gasteiger partial charge in [0.2, 0.25) is 0 Å². The third-order valence-electron chi connectivity index (χ3n) is 3.35. The molecular weight excluding hydrogens is 228 g/mol. The summed E-state index contributed by atoms with van der Waals surface area (Å²) in [4.78, 5) is 18.1. The number of hydrogen-bond acceptors (Lipinski definition) is 4. The van der Waals surface area contributed by atoms with Crippen LogP contribution >= 0.6 is 0 Å². The van der Waals surface area contributed by atoms with E-state index in [1.807, 2.05) is 6.07 Å². The lowest BCUT2D eigenvalue weighted by Crippen LogP contribution is -2.28. The average Bonchev–Trinajstić information content (AvgIpc) is 2.37. The van der Waals surface area contributed by atoms with Crippen LogP contribution in [0.1, 0.15) is 42.5 Å². The van der Waals surface area contributed by atoms with Gasteiger partial charge in [-0.05, 0) is 25.0 Å². The van der Waals surface area contributed by atoms with Gasteiger partial charge in [0.15, 0.2) is 0 Å². The number of carbonyl (C=O) groups excluding carboxylic acids is 1. The van der Waals surface area contributed by atoms with Gasteiger partial charge in [0, 0.05) is 19.3 Å². The molecule has 18 heavy (non-hydrogen) atoms. The van der Waals surface area contributed by atoms with Crippen LogP contribution < -0.4 is 4.90 Å². The molecule has 1 aliphatic heterocycles. The third-order valence-corrected chi connectivity index (χ3v) is 3.35. The van der Waals surface area contributed by atoms with Crippen molar-refractivity contribution in [2.45, 2.75) is 32.1 Å². The van der Waals surface area contributed by atoms with Crippen LogP contribution in [0.5, 0.6) is 0 Å². The molecule has 1 aromatic heterocycles. The first kappa shape index (κ1) is 12.9. The SMILES string of the molecule is COC(=O)c1ccnc(N2CCCCCCC2)c1. The highest BCUT2D eigenvalue weighted by Crippen LogP contribution is 2.18. The Bertz CT molecular complexity index is 399. The van der Waals surface area contributed by atoms with Crippen LogP contribution in [-0.4, -0.2) is 31.2 Å². The maximum atomic E-state index is 11.5. The summed E-state index contributed by atoms with van der Waals surface area (Å²) in [5.74, 6) is 0.588. The summed E-state index contributed by atoms with van der Waals surface area (Å²) in [6, 6.07) is 3.52. The standard InChI is InChI=1S/C14H20N2O2/c1-18-14(17)12-7-8-15-13(11-12)16-9-5-3-2-4-6-10-16/h7-8,11H,2-6,9-10H2,1H3. The average molecular weight is 248 g/mol. The number of anilines is 1. The number of nitrogens with zero attached hydrogens (tertiary/aromatic N) is 2. The van der Waals surface area contributed by atoms with Gasteiger partial charge in [0.25, 0.3) is 0 Å². The molecule has 4 nitrogen and oxygen atoms in total. The van der Waals surface area contributed by atoms with E-state index in [2.05, 4.69) is 9.88 Å². The first-order valence-corrected chi connectivity index (χ1v) is 6.60. The van der Waals surface area contributed by atoms with E-state index in [4.69, 9.17) is 4.74 Å². The lowest BCUT2D eigenvalue weighted by atomic mass is 10.1. The molecule has 0 N–H and O–H groups in total. The minimum Gasteiger partial charge on any atom is -0.465 e. The summed E-state index contributed by atoms with van der Waals surface area (Å²) in [7, 11) is 1.40. The van der Waals surface area contributed by atoms with E-state index in [1.54, 1.807) is 12.3 Å². The molecular formula is C14H20N2O2. The van der Waals surface area contributed by atoms with Crippen molar-refractivity contribution in [1.29, 1.82) is 0 Å². The van der Waals surface area contributed by atoms with Crippen LogP contribution in [0.4, 0.5) is 5.82 Å². The monoisotopic (exact) mass is 248 g/mol. The quantitative estimate of drug-likeness (QED) is 0.755. The van der Waals surface area contributed by atoms with Crippen molar-refractivity contribution in [3.63, 3.8) is 0 Å². The number of ether oxygens (including phenoxy) is 1. The highest BCUT2D eigenvalue weighted by molar-refractivity contribution is 5.90. The largest absolute Gasteiger partial charge is 0.465 e. The predicted molar refractivity (Wildman–Crippen MR) is 70.9 cm³/mol. The highest BCUT2D eigenvalue weighted by atomic mass is 16.5. The van der Waals surface area contributed by atoms with Crippen LogP contribution in [0.3, 0.4) is 0 Å². The summed E-state index contributed by atoms with van der Waals surface area (Å²) in [6.45, 7) is 2.05. The molecule has 0 bridgehead atoms. The Labute approximate surface area is 108 Å². The van der Waals surface area contributed by atoms with Gasteiger partial charge in [0.05, 0.1) is 12.7 Å². The molecule has 2 heterocycles. The summed E-state index contributed by atoms with van der Waals surface area (Å²) in [5.41, 5.74) is 0.574. The maximum Gasteiger partial charge on any atom is 0.338 e. The van der Waals surface area contributed by atoms with E-state index in [0.717, 1.165) is 18.9 Å². The topological polar surface area (TPSA) is 42.4 Å². The Morgan fingerprint density at radius 3 is 2.56 bits per heavy atom. The van der Waals surface area contributed by atoms with Crippen LogP contribution in [-0.2, 0) is 4.74 Å². The predicted octanol–water partition coefficient (Wildman–Crippen LogP) is 2.64. The molecule has 0 atom stereocenters. The summed E-state index contributed by atoms with van der Waals surface area (Å²) < 4.78 is 4.74. The molecule has 1 fully saturated rings.